The van der Waals surface area contributed by atoms with Crippen LogP contribution in [0.4, 0.5) is 4.39 Å². The van der Waals surface area contributed by atoms with Crippen LogP contribution in [0.15, 0.2) is 22.7 Å². The molecule has 1 aromatic carbocycles. The van der Waals surface area contributed by atoms with Gasteiger partial charge >= 0.3 is 0 Å². The highest BCUT2D eigenvalue weighted by molar-refractivity contribution is 9.10. The van der Waals surface area contributed by atoms with Crippen LogP contribution in [0.5, 0.6) is 5.75 Å². The van der Waals surface area contributed by atoms with Gasteiger partial charge < -0.3 is 10.1 Å². The molecule has 0 fully saturated rings. The van der Waals surface area contributed by atoms with Gasteiger partial charge in [-0.25, -0.2) is 4.39 Å². The van der Waals surface area contributed by atoms with E-state index in [2.05, 4.69) is 55.9 Å². The van der Waals surface area contributed by atoms with E-state index in [4.69, 9.17) is 4.74 Å². The molecule has 0 aliphatic heterocycles. The van der Waals surface area contributed by atoms with Crippen molar-refractivity contribution >= 4 is 15.9 Å². The Hall–Kier alpha value is -0.610. The summed E-state index contributed by atoms with van der Waals surface area (Å²) < 4.78 is 19.5. The van der Waals surface area contributed by atoms with Crippen LogP contribution in [-0.4, -0.2) is 18.7 Å². The van der Waals surface area contributed by atoms with E-state index in [9.17, 15) is 4.39 Å². The Morgan fingerprint density at radius 2 is 1.84 bits per heavy atom. The average Bonchev–Trinajstić information content (AvgIpc) is 2.28. The molecule has 0 atom stereocenters. The zero-order chi connectivity index (χ0) is 14.7. The number of benzene rings is 1. The van der Waals surface area contributed by atoms with Gasteiger partial charge in [0.05, 0.1) is 11.1 Å². The van der Waals surface area contributed by atoms with Crippen molar-refractivity contribution in [3.63, 3.8) is 0 Å². The number of ether oxygens (including phenoxy) is 1. The molecule has 0 saturated heterocycles. The third kappa shape index (κ3) is 6.39. The van der Waals surface area contributed by atoms with Crippen molar-refractivity contribution in [1.29, 1.82) is 0 Å². The lowest BCUT2D eigenvalue weighted by Crippen LogP contribution is -2.43. The standard InChI is InChI=1S/C15H23BrFNO/c1-14(2,3)18-9-15(4,5)10-19-11-6-7-12(16)13(17)8-11/h6-8,18H,9-10H2,1-5H3. The van der Waals surface area contributed by atoms with Crippen LogP contribution >= 0.6 is 15.9 Å². The van der Waals surface area contributed by atoms with Gasteiger partial charge in [0.1, 0.15) is 11.6 Å². The molecule has 1 N–H and O–H groups in total. The lowest BCUT2D eigenvalue weighted by atomic mass is 9.93. The molecule has 0 radical (unpaired) electrons. The van der Waals surface area contributed by atoms with E-state index in [0.29, 0.717) is 16.8 Å². The normalized spacial score (nSPS) is 12.6. The molecular formula is C15H23BrFNO. The van der Waals surface area contributed by atoms with Crippen molar-refractivity contribution in [3.8, 4) is 5.75 Å². The molecular weight excluding hydrogens is 309 g/mol. The Kier molecular flexibility index (Phi) is 5.39. The summed E-state index contributed by atoms with van der Waals surface area (Å²) in [5.74, 6) is 0.257. The SMILES string of the molecule is CC(C)(CNC(C)(C)C)COc1ccc(Br)c(F)c1. The Morgan fingerprint density at radius 1 is 1.21 bits per heavy atom. The fourth-order valence-corrected chi connectivity index (χ4v) is 1.65. The lowest BCUT2D eigenvalue weighted by molar-refractivity contribution is 0.165. The van der Waals surface area contributed by atoms with Crippen LogP contribution in [0.2, 0.25) is 0 Å². The summed E-state index contributed by atoms with van der Waals surface area (Å²) in [6.45, 7) is 12.0. The number of halogens is 2. The van der Waals surface area contributed by atoms with E-state index >= 15 is 0 Å². The Balaban J connectivity index is 2.52. The summed E-state index contributed by atoms with van der Waals surface area (Å²) in [6.07, 6.45) is 0. The minimum Gasteiger partial charge on any atom is -0.493 e. The Morgan fingerprint density at radius 3 is 2.37 bits per heavy atom. The summed E-state index contributed by atoms with van der Waals surface area (Å²) >= 11 is 3.13. The van der Waals surface area contributed by atoms with Crippen molar-refractivity contribution in [1.82, 2.24) is 5.32 Å². The molecule has 0 unspecified atom stereocenters. The summed E-state index contributed by atoms with van der Waals surface area (Å²) in [5, 5.41) is 3.46. The van der Waals surface area contributed by atoms with E-state index in [1.807, 2.05) is 0 Å². The summed E-state index contributed by atoms with van der Waals surface area (Å²) in [5.41, 5.74) is 0.0673. The van der Waals surface area contributed by atoms with E-state index in [1.54, 1.807) is 12.1 Å². The number of rotatable bonds is 5. The second kappa shape index (κ2) is 6.23. The predicted octanol–water partition coefficient (Wildman–Crippen LogP) is 4.38. The molecule has 108 valence electrons. The van der Waals surface area contributed by atoms with Crippen LogP contribution in [0, 0.1) is 11.2 Å². The third-order valence-corrected chi connectivity index (χ3v) is 3.26. The first-order valence-electron chi connectivity index (χ1n) is 6.42. The quantitative estimate of drug-likeness (QED) is 0.864. The van der Waals surface area contributed by atoms with Crippen LogP contribution in [0.25, 0.3) is 0 Å². The molecule has 0 aromatic heterocycles. The maximum Gasteiger partial charge on any atom is 0.141 e. The predicted molar refractivity (Wildman–Crippen MR) is 81.1 cm³/mol. The topological polar surface area (TPSA) is 21.3 Å². The average molecular weight is 332 g/mol. The molecule has 19 heavy (non-hydrogen) atoms. The van der Waals surface area contributed by atoms with E-state index in [1.165, 1.54) is 6.07 Å². The summed E-state index contributed by atoms with van der Waals surface area (Å²) in [7, 11) is 0. The molecule has 0 saturated carbocycles. The molecule has 1 aromatic rings. The molecule has 2 nitrogen and oxygen atoms in total. The van der Waals surface area contributed by atoms with Crippen molar-refractivity contribution in [3.05, 3.63) is 28.5 Å². The first kappa shape index (κ1) is 16.4. The lowest BCUT2D eigenvalue weighted by Gasteiger charge is -2.30. The number of hydrogen-bond donors (Lipinski definition) is 1. The van der Waals surface area contributed by atoms with Gasteiger partial charge in [0.2, 0.25) is 0 Å². The van der Waals surface area contributed by atoms with Crippen LogP contribution in [0.1, 0.15) is 34.6 Å². The fourth-order valence-electron chi connectivity index (χ4n) is 1.40. The summed E-state index contributed by atoms with van der Waals surface area (Å²) in [4.78, 5) is 0. The zero-order valence-electron chi connectivity index (χ0n) is 12.3. The Bertz CT molecular complexity index is 427. The van der Waals surface area contributed by atoms with Gasteiger partial charge in [-0.05, 0) is 48.8 Å². The van der Waals surface area contributed by atoms with Crippen molar-refractivity contribution in [2.24, 2.45) is 5.41 Å². The minimum atomic E-state index is -0.303. The highest BCUT2D eigenvalue weighted by Gasteiger charge is 2.22. The van der Waals surface area contributed by atoms with E-state index in [-0.39, 0.29) is 16.8 Å². The molecule has 0 amide bonds. The van der Waals surface area contributed by atoms with Crippen molar-refractivity contribution < 1.29 is 9.13 Å². The van der Waals surface area contributed by atoms with Crippen LogP contribution < -0.4 is 10.1 Å². The highest BCUT2D eigenvalue weighted by Crippen LogP contribution is 2.23. The van der Waals surface area contributed by atoms with Crippen molar-refractivity contribution in [2.75, 3.05) is 13.2 Å². The minimum absolute atomic E-state index is 0.0170. The van der Waals surface area contributed by atoms with Gasteiger partial charge in [0.25, 0.3) is 0 Å². The highest BCUT2D eigenvalue weighted by atomic mass is 79.9. The van der Waals surface area contributed by atoms with Gasteiger partial charge in [-0.2, -0.15) is 0 Å². The third-order valence-electron chi connectivity index (χ3n) is 2.62. The molecule has 0 bridgehead atoms. The first-order chi connectivity index (χ1) is 8.59. The van der Waals surface area contributed by atoms with Gasteiger partial charge in [-0.15, -0.1) is 0 Å². The monoisotopic (exact) mass is 331 g/mol. The fraction of sp³-hybridized carbons (Fsp3) is 0.600. The molecule has 0 heterocycles. The van der Waals surface area contributed by atoms with Gasteiger partial charge in [0, 0.05) is 23.6 Å². The second-order valence-corrected chi connectivity index (χ2v) is 7.49. The van der Waals surface area contributed by atoms with Gasteiger partial charge in [-0.3, -0.25) is 0 Å². The second-order valence-electron chi connectivity index (χ2n) is 6.63. The molecule has 4 heteroatoms. The molecule has 0 spiro atoms. The first-order valence-corrected chi connectivity index (χ1v) is 7.21. The maximum absolute atomic E-state index is 13.4. The number of nitrogens with one attached hydrogen (secondary N) is 1. The number of hydrogen-bond acceptors (Lipinski definition) is 2. The maximum atomic E-state index is 13.4. The molecule has 1 rings (SSSR count). The molecule has 0 aliphatic carbocycles. The summed E-state index contributed by atoms with van der Waals surface area (Å²) in [6, 6.07) is 4.82. The largest absolute Gasteiger partial charge is 0.493 e. The van der Waals surface area contributed by atoms with Crippen LogP contribution in [0.3, 0.4) is 0 Å². The van der Waals surface area contributed by atoms with E-state index in [0.717, 1.165) is 6.54 Å². The van der Waals surface area contributed by atoms with Crippen LogP contribution in [-0.2, 0) is 0 Å². The Labute approximate surface area is 123 Å². The zero-order valence-corrected chi connectivity index (χ0v) is 13.9. The van der Waals surface area contributed by atoms with E-state index < -0.39 is 0 Å². The molecule has 0 aliphatic rings. The smallest absolute Gasteiger partial charge is 0.141 e. The van der Waals surface area contributed by atoms with Gasteiger partial charge in [0.15, 0.2) is 0 Å². The van der Waals surface area contributed by atoms with Gasteiger partial charge in [-0.1, -0.05) is 13.8 Å². The van der Waals surface area contributed by atoms with Crippen molar-refractivity contribution in [2.45, 2.75) is 40.2 Å².